The summed E-state index contributed by atoms with van der Waals surface area (Å²) >= 11 is 1.38. The van der Waals surface area contributed by atoms with Gasteiger partial charge in [0, 0.05) is 25.4 Å². The van der Waals surface area contributed by atoms with Gasteiger partial charge in [0.05, 0.1) is 12.2 Å². The monoisotopic (exact) mass is 323 g/mol. The predicted molar refractivity (Wildman–Crippen MR) is 85.9 cm³/mol. The van der Waals surface area contributed by atoms with Crippen molar-refractivity contribution in [1.29, 1.82) is 0 Å². The van der Waals surface area contributed by atoms with Gasteiger partial charge in [0.15, 0.2) is 0 Å². The Balaban J connectivity index is 1.90. The lowest BCUT2D eigenvalue weighted by Gasteiger charge is -2.23. The van der Waals surface area contributed by atoms with Gasteiger partial charge in [0.2, 0.25) is 5.13 Å². The van der Waals surface area contributed by atoms with E-state index in [1.54, 1.807) is 4.68 Å². The van der Waals surface area contributed by atoms with Crippen molar-refractivity contribution in [3.05, 3.63) is 23.0 Å². The van der Waals surface area contributed by atoms with Crippen LogP contribution in [0.5, 0.6) is 0 Å². The van der Waals surface area contributed by atoms with Gasteiger partial charge in [-0.25, -0.2) is 4.79 Å². The molecule has 0 spiro atoms. The van der Waals surface area contributed by atoms with E-state index in [0.29, 0.717) is 11.7 Å². The molecule has 2 amide bonds. The van der Waals surface area contributed by atoms with Gasteiger partial charge in [0.1, 0.15) is 5.01 Å². The molecule has 0 aliphatic heterocycles. The third-order valence-electron chi connectivity index (χ3n) is 3.18. The lowest BCUT2D eigenvalue weighted by molar-refractivity contribution is 0.243. The van der Waals surface area contributed by atoms with Crippen LogP contribution in [0.15, 0.2) is 12.4 Å². The number of likely N-dealkylation sites (N-methyl/N-ethyl adjacent to an activating group) is 1. The van der Waals surface area contributed by atoms with Crippen LogP contribution >= 0.6 is 11.3 Å². The highest BCUT2D eigenvalue weighted by atomic mass is 32.1. The summed E-state index contributed by atoms with van der Waals surface area (Å²) in [4.78, 5) is 14.0. The number of nitrogens with one attached hydrogen (secondary N) is 2. The summed E-state index contributed by atoms with van der Waals surface area (Å²) in [6.45, 7) is 2.48. The summed E-state index contributed by atoms with van der Waals surface area (Å²) in [6.07, 6.45) is 4.57. The Morgan fingerprint density at radius 2 is 2.23 bits per heavy atom. The molecule has 0 bridgehead atoms. The number of nitrogens with zero attached hydrogens (tertiary/aromatic N) is 5. The van der Waals surface area contributed by atoms with Crippen molar-refractivity contribution in [3.63, 3.8) is 0 Å². The maximum Gasteiger partial charge on any atom is 0.321 e. The molecule has 9 heteroatoms. The molecule has 2 N–H and O–H groups in total. The van der Waals surface area contributed by atoms with Gasteiger partial charge in [-0.05, 0) is 20.5 Å². The lowest BCUT2D eigenvalue weighted by atomic mass is 10.1. The van der Waals surface area contributed by atoms with E-state index < -0.39 is 0 Å². The molecule has 0 fully saturated rings. The predicted octanol–water partition coefficient (Wildman–Crippen LogP) is 1.26. The smallest absolute Gasteiger partial charge is 0.321 e. The van der Waals surface area contributed by atoms with Crippen LogP contribution in [0.2, 0.25) is 0 Å². The molecule has 0 aliphatic rings. The zero-order valence-electron chi connectivity index (χ0n) is 13.2. The van der Waals surface area contributed by atoms with E-state index in [-0.39, 0.29) is 12.1 Å². The summed E-state index contributed by atoms with van der Waals surface area (Å²) in [5.41, 5.74) is 1.05. The fourth-order valence-corrected chi connectivity index (χ4v) is 2.66. The molecule has 2 aromatic rings. The minimum atomic E-state index is -0.283. The number of amides is 2. The second-order valence-corrected chi connectivity index (χ2v) is 6.18. The van der Waals surface area contributed by atoms with Crippen molar-refractivity contribution in [3.8, 4) is 0 Å². The van der Waals surface area contributed by atoms with Crippen LogP contribution in [0.3, 0.4) is 0 Å². The van der Waals surface area contributed by atoms with E-state index in [2.05, 4.69) is 25.9 Å². The van der Waals surface area contributed by atoms with Crippen LogP contribution in [0.4, 0.5) is 9.93 Å². The molecule has 0 aliphatic carbocycles. The molecular weight excluding hydrogens is 302 g/mol. The third-order valence-corrected chi connectivity index (χ3v) is 4.16. The van der Waals surface area contributed by atoms with E-state index in [1.165, 1.54) is 11.3 Å². The van der Waals surface area contributed by atoms with Gasteiger partial charge in [-0.2, -0.15) is 5.10 Å². The van der Waals surface area contributed by atoms with Crippen molar-refractivity contribution in [1.82, 2.24) is 30.2 Å². The number of anilines is 1. The summed E-state index contributed by atoms with van der Waals surface area (Å²) in [6, 6.07) is -0.227. The minimum absolute atomic E-state index is 0.0556. The average Bonchev–Trinajstić information content (AvgIpc) is 3.08. The summed E-state index contributed by atoms with van der Waals surface area (Å²) in [5, 5.41) is 19.0. The molecule has 8 nitrogen and oxygen atoms in total. The molecule has 22 heavy (non-hydrogen) atoms. The molecule has 0 saturated heterocycles. The maximum absolute atomic E-state index is 12.0. The zero-order valence-corrected chi connectivity index (χ0v) is 14.0. The van der Waals surface area contributed by atoms with Crippen molar-refractivity contribution in [2.45, 2.75) is 19.4 Å². The molecule has 120 valence electrons. The van der Waals surface area contributed by atoms with E-state index in [9.17, 15) is 4.79 Å². The Morgan fingerprint density at radius 3 is 2.77 bits per heavy atom. The first kappa shape index (κ1) is 16.4. The standard InChI is InChI=1S/C13H21N7OS/c1-5-11-17-18-13(22-11)16-12(21)14-7-10(19(2)3)9-6-15-20(4)8-9/h6,8,10H,5,7H2,1-4H3,(H2,14,16,18,21). The van der Waals surface area contributed by atoms with E-state index >= 15 is 0 Å². The molecule has 2 rings (SSSR count). The number of urea groups is 1. The van der Waals surface area contributed by atoms with Crippen LogP contribution < -0.4 is 10.6 Å². The fraction of sp³-hybridized carbons (Fsp3) is 0.538. The number of aryl methyl sites for hydroxylation is 2. The number of hydrogen-bond acceptors (Lipinski definition) is 6. The Labute approximate surface area is 133 Å². The number of carbonyl (C=O) groups excluding carboxylic acids is 1. The lowest BCUT2D eigenvalue weighted by Crippen LogP contribution is -2.36. The number of aromatic nitrogens is 4. The van der Waals surface area contributed by atoms with Crippen molar-refractivity contribution >= 4 is 22.5 Å². The molecule has 0 saturated carbocycles. The van der Waals surface area contributed by atoms with Gasteiger partial charge >= 0.3 is 6.03 Å². The highest BCUT2D eigenvalue weighted by molar-refractivity contribution is 7.15. The molecule has 1 unspecified atom stereocenters. The first-order valence-electron chi connectivity index (χ1n) is 7.01. The van der Waals surface area contributed by atoms with Crippen LogP contribution in [0.1, 0.15) is 23.5 Å². The van der Waals surface area contributed by atoms with Gasteiger partial charge in [-0.3, -0.25) is 10.00 Å². The first-order valence-corrected chi connectivity index (χ1v) is 7.83. The molecular formula is C13H21N7OS. The average molecular weight is 323 g/mol. The molecule has 2 heterocycles. The van der Waals surface area contributed by atoms with Crippen molar-refractivity contribution in [2.75, 3.05) is 26.0 Å². The van der Waals surface area contributed by atoms with Crippen LogP contribution in [0, 0.1) is 0 Å². The first-order chi connectivity index (χ1) is 10.5. The zero-order chi connectivity index (χ0) is 16.1. The summed E-state index contributed by atoms with van der Waals surface area (Å²) < 4.78 is 1.75. The number of hydrogen-bond donors (Lipinski definition) is 2. The van der Waals surface area contributed by atoms with E-state index in [1.807, 2.05) is 45.4 Å². The second-order valence-electron chi connectivity index (χ2n) is 5.12. The van der Waals surface area contributed by atoms with E-state index in [4.69, 9.17) is 0 Å². The minimum Gasteiger partial charge on any atom is -0.336 e. The summed E-state index contributed by atoms with van der Waals surface area (Å²) in [5.74, 6) is 0. The topological polar surface area (TPSA) is 88.0 Å². The third kappa shape index (κ3) is 4.25. The highest BCUT2D eigenvalue weighted by Gasteiger charge is 2.17. The van der Waals surface area contributed by atoms with Crippen molar-refractivity contribution < 1.29 is 4.79 Å². The summed E-state index contributed by atoms with van der Waals surface area (Å²) in [7, 11) is 5.81. The second kappa shape index (κ2) is 7.32. The van der Waals surface area contributed by atoms with E-state index in [0.717, 1.165) is 17.0 Å². The fourth-order valence-electron chi connectivity index (χ4n) is 1.99. The Morgan fingerprint density at radius 1 is 1.45 bits per heavy atom. The molecule has 2 aromatic heterocycles. The molecule has 0 aromatic carbocycles. The maximum atomic E-state index is 12.0. The van der Waals surface area contributed by atoms with Crippen molar-refractivity contribution in [2.24, 2.45) is 7.05 Å². The van der Waals surface area contributed by atoms with Crippen LogP contribution in [-0.4, -0.2) is 51.5 Å². The van der Waals surface area contributed by atoms with Gasteiger partial charge in [-0.15, -0.1) is 10.2 Å². The Kier molecular flexibility index (Phi) is 5.45. The molecule has 1 atom stereocenters. The normalized spacial score (nSPS) is 12.4. The van der Waals surface area contributed by atoms with Gasteiger partial charge < -0.3 is 10.2 Å². The Bertz CT molecular complexity index is 621. The van der Waals surface area contributed by atoms with Gasteiger partial charge in [0.25, 0.3) is 0 Å². The van der Waals surface area contributed by atoms with Crippen LogP contribution in [-0.2, 0) is 13.5 Å². The quantitative estimate of drug-likeness (QED) is 0.835. The SMILES string of the molecule is CCc1nnc(NC(=O)NCC(c2cnn(C)c2)N(C)C)s1. The number of rotatable bonds is 6. The number of carbonyl (C=O) groups is 1. The molecule has 0 radical (unpaired) electrons. The van der Waals surface area contributed by atoms with Gasteiger partial charge in [-0.1, -0.05) is 18.3 Å². The van der Waals surface area contributed by atoms with Crippen LogP contribution in [0.25, 0.3) is 0 Å². The Hall–Kier alpha value is -2.00. The highest BCUT2D eigenvalue weighted by Crippen LogP contribution is 2.17. The largest absolute Gasteiger partial charge is 0.336 e.